The molecule has 0 saturated carbocycles. The molecule has 0 aliphatic carbocycles. The number of hydrogen-bond acceptors (Lipinski definition) is 1. The third kappa shape index (κ3) is 3.15. The van der Waals surface area contributed by atoms with E-state index in [-0.39, 0.29) is 0 Å². The highest BCUT2D eigenvalue weighted by Gasteiger charge is 2.06. The number of halogens is 3. The monoisotopic (exact) mass is 330 g/mol. The average molecular weight is 332 g/mol. The van der Waals surface area contributed by atoms with Crippen LogP contribution in [0.3, 0.4) is 0 Å². The maximum absolute atomic E-state index is 6.03. The molecular formula is C13H9BrCl2O. The smallest absolute Gasteiger partial charge is 0.139 e. The standard InChI is InChI=1S/C13H9BrCl2O/c14-10-5-2-1-4-9(10)8-17-12-7-3-6-11(15)13(12)16/h1-7H,8H2. The summed E-state index contributed by atoms with van der Waals surface area (Å²) in [6.45, 7) is 0.446. The van der Waals surface area contributed by atoms with E-state index in [0.717, 1.165) is 10.0 Å². The molecule has 0 aliphatic heterocycles. The maximum Gasteiger partial charge on any atom is 0.139 e. The van der Waals surface area contributed by atoms with Crippen LogP contribution in [0.4, 0.5) is 0 Å². The molecule has 0 atom stereocenters. The van der Waals surface area contributed by atoms with Crippen molar-refractivity contribution in [2.24, 2.45) is 0 Å². The van der Waals surface area contributed by atoms with Crippen LogP contribution in [0, 0.1) is 0 Å². The van der Waals surface area contributed by atoms with Crippen molar-refractivity contribution in [2.45, 2.75) is 6.61 Å². The van der Waals surface area contributed by atoms with Crippen LogP contribution in [-0.2, 0) is 6.61 Å². The van der Waals surface area contributed by atoms with Crippen molar-refractivity contribution in [3.63, 3.8) is 0 Å². The first-order valence-corrected chi connectivity index (χ1v) is 6.53. The van der Waals surface area contributed by atoms with Gasteiger partial charge in [-0.2, -0.15) is 0 Å². The number of ether oxygens (including phenoxy) is 1. The van der Waals surface area contributed by atoms with E-state index >= 15 is 0 Å². The lowest BCUT2D eigenvalue weighted by Gasteiger charge is -2.09. The summed E-state index contributed by atoms with van der Waals surface area (Å²) in [5.74, 6) is 0.593. The summed E-state index contributed by atoms with van der Waals surface area (Å²) in [7, 11) is 0. The van der Waals surface area contributed by atoms with E-state index in [1.807, 2.05) is 30.3 Å². The van der Waals surface area contributed by atoms with Crippen molar-refractivity contribution < 1.29 is 4.74 Å². The largest absolute Gasteiger partial charge is 0.487 e. The molecule has 2 aromatic rings. The molecule has 0 aliphatic rings. The Hall–Kier alpha value is -0.700. The van der Waals surface area contributed by atoms with Gasteiger partial charge >= 0.3 is 0 Å². The van der Waals surface area contributed by atoms with Gasteiger partial charge < -0.3 is 4.74 Å². The Kier molecular flexibility index (Phi) is 4.32. The molecule has 4 heteroatoms. The molecule has 0 N–H and O–H groups in total. The Labute approximate surface area is 118 Å². The van der Waals surface area contributed by atoms with Crippen LogP contribution in [0.15, 0.2) is 46.9 Å². The Morgan fingerprint density at radius 3 is 2.53 bits per heavy atom. The molecule has 0 bridgehead atoms. The normalized spacial score (nSPS) is 10.3. The van der Waals surface area contributed by atoms with Crippen LogP contribution < -0.4 is 4.74 Å². The fourth-order valence-electron chi connectivity index (χ4n) is 1.37. The van der Waals surface area contributed by atoms with E-state index in [2.05, 4.69) is 15.9 Å². The zero-order valence-corrected chi connectivity index (χ0v) is 11.9. The molecule has 0 aromatic heterocycles. The van der Waals surface area contributed by atoms with Crippen molar-refractivity contribution in [3.05, 3.63) is 62.5 Å². The van der Waals surface area contributed by atoms with Gasteiger partial charge in [0, 0.05) is 10.0 Å². The van der Waals surface area contributed by atoms with E-state index in [0.29, 0.717) is 22.4 Å². The summed E-state index contributed by atoms with van der Waals surface area (Å²) in [5.41, 5.74) is 1.06. The Balaban J connectivity index is 2.13. The van der Waals surface area contributed by atoms with E-state index in [1.54, 1.807) is 12.1 Å². The van der Waals surface area contributed by atoms with Crippen LogP contribution in [0.2, 0.25) is 10.0 Å². The lowest BCUT2D eigenvalue weighted by atomic mass is 10.2. The molecule has 0 fully saturated rings. The number of benzene rings is 2. The summed E-state index contributed by atoms with van der Waals surface area (Å²) in [6.07, 6.45) is 0. The molecule has 1 nitrogen and oxygen atoms in total. The van der Waals surface area contributed by atoms with Gasteiger partial charge in [-0.15, -0.1) is 0 Å². The van der Waals surface area contributed by atoms with Crippen LogP contribution in [-0.4, -0.2) is 0 Å². The molecule has 17 heavy (non-hydrogen) atoms. The maximum atomic E-state index is 6.03. The Morgan fingerprint density at radius 2 is 1.76 bits per heavy atom. The van der Waals surface area contributed by atoms with Crippen molar-refractivity contribution in [3.8, 4) is 5.75 Å². The first kappa shape index (κ1) is 12.7. The molecule has 2 aromatic carbocycles. The quantitative estimate of drug-likeness (QED) is 0.738. The van der Waals surface area contributed by atoms with Crippen LogP contribution in [0.5, 0.6) is 5.75 Å². The summed E-state index contributed by atoms with van der Waals surface area (Å²) in [5, 5.41) is 0.942. The van der Waals surface area contributed by atoms with Gasteiger partial charge in [0.1, 0.15) is 17.4 Å². The molecule has 0 saturated heterocycles. The van der Waals surface area contributed by atoms with Gasteiger partial charge in [0.15, 0.2) is 0 Å². The second kappa shape index (κ2) is 5.76. The molecular weight excluding hydrogens is 323 g/mol. The third-order valence-corrected chi connectivity index (χ3v) is 3.83. The highest BCUT2D eigenvalue weighted by Crippen LogP contribution is 2.32. The summed E-state index contributed by atoms with van der Waals surface area (Å²) in [4.78, 5) is 0. The van der Waals surface area contributed by atoms with Crippen LogP contribution in [0.25, 0.3) is 0 Å². The van der Waals surface area contributed by atoms with Crippen molar-refractivity contribution >= 4 is 39.1 Å². The molecule has 0 spiro atoms. The fraction of sp³-hybridized carbons (Fsp3) is 0.0769. The molecule has 0 heterocycles. The highest BCUT2D eigenvalue weighted by molar-refractivity contribution is 9.10. The van der Waals surface area contributed by atoms with Crippen molar-refractivity contribution in [1.82, 2.24) is 0 Å². The molecule has 2 rings (SSSR count). The first-order chi connectivity index (χ1) is 8.18. The molecule has 0 unspecified atom stereocenters. The Bertz CT molecular complexity index is 529. The van der Waals surface area contributed by atoms with Gasteiger partial charge in [-0.25, -0.2) is 0 Å². The lowest BCUT2D eigenvalue weighted by molar-refractivity contribution is 0.305. The first-order valence-electron chi connectivity index (χ1n) is 4.98. The van der Waals surface area contributed by atoms with Gasteiger partial charge in [0.25, 0.3) is 0 Å². The third-order valence-electron chi connectivity index (χ3n) is 2.26. The minimum Gasteiger partial charge on any atom is -0.487 e. The molecule has 88 valence electrons. The van der Waals surface area contributed by atoms with E-state index in [9.17, 15) is 0 Å². The van der Waals surface area contributed by atoms with Gasteiger partial charge in [-0.1, -0.05) is 63.4 Å². The van der Waals surface area contributed by atoms with E-state index < -0.39 is 0 Å². The van der Waals surface area contributed by atoms with Crippen molar-refractivity contribution in [2.75, 3.05) is 0 Å². The zero-order chi connectivity index (χ0) is 12.3. The predicted octanol–water partition coefficient (Wildman–Crippen LogP) is 5.33. The summed E-state index contributed by atoms with van der Waals surface area (Å²) < 4.78 is 6.65. The number of hydrogen-bond donors (Lipinski definition) is 0. The molecule has 0 amide bonds. The van der Waals surface area contributed by atoms with Crippen LogP contribution in [0.1, 0.15) is 5.56 Å². The number of rotatable bonds is 3. The van der Waals surface area contributed by atoms with Crippen molar-refractivity contribution in [1.29, 1.82) is 0 Å². The predicted molar refractivity (Wildman–Crippen MR) is 74.9 cm³/mol. The minimum absolute atomic E-state index is 0.446. The topological polar surface area (TPSA) is 9.23 Å². The fourth-order valence-corrected chi connectivity index (χ4v) is 2.11. The SMILES string of the molecule is Clc1cccc(OCc2ccccc2Br)c1Cl. The summed E-state index contributed by atoms with van der Waals surface area (Å²) >= 11 is 15.4. The lowest BCUT2D eigenvalue weighted by Crippen LogP contribution is -1.96. The summed E-state index contributed by atoms with van der Waals surface area (Å²) in [6, 6.07) is 13.2. The van der Waals surface area contributed by atoms with Gasteiger partial charge in [0.2, 0.25) is 0 Å². The second-order valence-electron chi connectivity index (χ2n) is 3.43. The van der Waals surface area contributed by atoms with E-state index in [4.69, 9.17) is 27.9 Å². The average Bonchev–Trinajstić information content (AvgIpc) is 2.33. The second-order valence-corrected chi connectivity index (χ2v) is 5.07. The van der Waals surface area contributed by atoms with Crippen LogP contribution >= 0.6 is 39.1 Å². The zero-order valence-electron chi connectivity index (χ0n) is 8.79. The van der Waals surface area contributed by atoms with Gasteiger partial charge in [0.05, 0.1) is 5.02 Å². The van der Waals surface area contributed by atoms with E-state index in [1.165, 1.54) is 0 Å². The van der Waals surface area contributed by atoms with Gasteiger partial charge in [-0.3, -0.25) is 0 Å². The highest BCUT2D eigenvalue weighted by atomic mass is 79.9. The van der Waals surface area contributed by atoms with Gasteiger partial charge in [-0.05, 0) is 18.2 Å². The Morgan fingerprint density at radius 1 is 1.00 bits per heavy atom. The minimum atomic E-state index is 0.446. The molecule has 0 radical (unpaired) electrons.